The quantitative estimate of drug-likeness (QED) is 0.583. The molecule has 0 aliphatic heterocycles. The number of hydrogen-bond acceptors (Lipinski definition) is 5. The van der Waals surface area contributed by atoms with E-state index in [0.29, 0.717) is 16.9 Å². The molecule has 1 N–H and O–H groups in total. The third-order valence-corrected chi connectivity index (χ3v) is 3.48. The second-order valence-corrected chi connectivity index (χ2v) is 4.96. The van der Waals surface area contributed by atoms with Crippen LogP contribution in [0.4, 0.5) is 5.95 Å². The zero-order valence-corrected chi connectivity index (χ0v) is 14.1. The summed E-state index contributed by atoms with van der Waals surface area (Å²) in [5, 5.41) is 4.72. The first kappa shape index (κ1) is 17.5. The van der Waals surface area contributed by atoms with Gasteiger partial charge in [-0.3, -0.25) is 9.36 Å². The van der Waals surface area contributed by atoms with E-state index in [4.69, 9.17) is 4.74 Å². The molecule has 1 heterocycles. The Bertz CT molecular complexity index is 920. The zero-order valence-electron chi connectivity index (χ0n) is 13.3. The van der Waals surface area contributed by atoms with E-state index in [9.17, 15) is 4.79 Å². The number of benzene rings is 2. The molecule has 3 aromatic rings. The lowest BCUT2D eigenvalue weighted by Crippen LogP contribution is -2.21. The minimum Gasteiger partial charge on any atom is -0.497 e. The molecule has 0 saturated heterocycles. The summed E-state index contributed by atoms with van der Waals surface area (Å²) in [4.78, 5) is 16.7. The summed E-state index contributed by atoms with van der Waals surface area (Å²) in [6.45, 7) is 0. The van der Waals surface area contributed by atoms with Crippen molar-refractivity contribution in [3.05, 3.63) is 64.4 Å². The number of methoxy groups -OCH3 is 1. The van der Waals surface area contributed by atoms with Gasteiger partial charge in [0.15, 0.2) is 0 Å². The van der Waals surface area contributed by atoms with Crippen molar-refractivity contribution in [2.45, 2.75) is 0 Å². The van der Waals surface area contributed by atoms with Crippen LogP contribution < -0.4 is 15.7 Å². The molecule has 0 spiro atoms. The molecule has 0 unspecified atom stereocenters. The van der Waals surface area contributed by atoms with Gasteiger partial charge in [-0.2, -0.15) is 5.10 Å². The summed E-state index contributed by atoms with van der Waals surface area (Å²) in [6, 6.07) is 14.7. The number of para-hydroxylation sites is 1. The highest BCUT2D eigenvalue weighted by molar-refractivity contribution is 5.85. The molecule has 0 radical (unpaired) electrons. The van der Waals surface area contributed by atoms with Crippen LogP contribution in [0.15, 0.2) is 58.4 Å². The van der Waals surface area contributed by atoms with Gasteiger partial charge in [-0.05, 0) is 42.0 Å². The third kappa shape index (κ3) is 3.55. The van der Waals surface area contributed by atoms with Crippen LogP contribution in [0.2, 0.25) is 0 Å². The van der Waals surface area contributed by atoms with E-state index in [2.05, 4.69) is 15.5 Å². The van der Waals surface area contributed by atoms with Gasteiger partial charge in [-0.25, -0.2) is 10.4 Å². The lowest BCUT2D eigenvalue weighted by Gasteiger charge is -2.07. The number of anilines is 1. The van der Waals surface area contributed by atoms with Gasteiger partial charge in [0.1, 0.15) is 5.75 Å². The Morgan fingerprint density at radius 3 is 2.58 bits per heavy atom. The molecule has 0 fully saturated rings. The van der Waals surface area contributed by atoms with E-state index >= 15 is 0 Å². The summed E-state index contributed by atoms with van der Waals surface area (Å²) in [6.07, 6.45) is 1.65. The van der Waals surface area contributed by atoms with Crippen molar-refractivity contribution in [2.75, 3.05) is 12.5 Å². The molecule has 3 rings (SSSR count). The van der Waals surface area contributed by atoms with Crippen LogP contribution in [-0.4, -0.2) is 22.9 Å². The van der Waals surface area contributed by atoms with Gasteiger partial charge in [0, 0.05) is 7.05 Å². The topological polar surface area (TPSA) is 68.5 Å². The Morgan fingerprint density at radius 1 is 1.17 bits per heavy atom. The lowest BCUT2D eigenvalue weighted by molar-refractivity contribution is 0.415. The van der Waals surface area contributed by atoms with Gasteiger partial charge in [-0.1, -0.05) is 12.1 Å². The van der Waals surface area contributed by atoms with E-state index in [0.717, 1.165) is 11.3 Å². The molecule has 0 bridgehead atoms. The van der Waals surface area contributed by atoms with Crippen LogP contribution in [0.25, 0.3) is 10.9 Å². The highest BCUT2D eigenvalue weighted by atomic mass is 35.5. The van der Waals surface area contributed by atoms with Crippen LogP contribution in [0.3, 0.4) is 0 Å². The molecule has 0 aliphatic carbocycles. The van der Waals surface area contributed by atoms with Crippen molar-refractivity contribution >= 4 is 35.5 Å². The fourth-order valence-corrected chi connectivity index (χ4v) is 2.17. The number of halogens is 1. The number of hydrazone groups is 1. The smallest absolute Gasteiger partial charge is 0.262 e. The van der Waals surface area contributed by atoms with E-state index in [1.807, 2.05) is 36.4 Å². The van der Waals surface area contributed by atoms with Crippen molar-refractivity contribution in [2.24, 2.45) is 12.1 Å². The predicted octanol–water partition coefficient (Wildman–Crippen LogP) is 2.81. The number of hydrogen-bond donors (Lipinski definition) is 1. The van der Waals surface area contributed by atoms with Crippen molar-refractivity contribution in [3.8, 4) is 5.75 Å². The number of nitrogens with zero attached hydrogens (tertiary/aromatic N) is 3. The second kappa shape index (κ2) is 7.61. The second-order valence-electron chi connectivity index (χ2n) is 4.96. The van der Waals surface area contributed by atoms with E-state index in [-0.39, 0.29) is 18.0 Å². The molecule has 124 valence electrons. The van der Waals surface area contributed by atoms with Crippen LogP contribution >= 0.6 is 12.4 Å². The lowest BCUT2D eigenvalue weighted by atomic mass is 10.2. The maximum atomic E-state index is 12.3. The Hall–Kier alpha value is -2.86. The maximum Gasteiger partial charge on any atom is 0.262 e. The summed E-state index contributed by atoms with van der Waals surface area (Å²) in [5.41, 5.74) is 4.24. The molecule has 0 aliphatic rings. The first-order valence-electron chi connectivity index (χ1n) is 7.08. The Kier molecular flexibility index (Phi) is 5.55. The van der Waals surface area contributed by atoms with E-state index in [1.165, 1.54) is 4.57 Å². The first-order valence-corrected chi connectivity index (χ1v) is 7.08. The molecule has 24 heavy (non-hydrogen) atoms. The number of fused-ring (bicyclic) bond motifs is 1. The summed E-state index contributed by atoms with van der Waals surface area (Å²) in [7, 11) is 3.28. The number of nitrogens with one attached hydrogen (secondary N) is 1. The van der Waals surface area contributed by atoms with Crippen molar-refractivity contribution in [1.82, 2.24) is 9.55 Å². The SMILES string of the molecule is COc1ccc(C=NNc2nc3ccccc3c(=O)n2C)cc1.Cl. The van der Waals surface area contributed by atoms with Gasteiger partial charge < -0.3 is 4.74 Å². The average Bonchev–Trinajstić information content (AvgIpc) is 2.60. The monoisotopic (exact) mass is 344 g/mol. The molecular formula is C17H17ClN4O2. The minimum atomic E-state index is -0.113. The van der Waals surface area contributed by atoms with Gasteiger partial charge in [0.25, 0.3) is 5.56 Å². The Morgan fingerprint density at radius 2 is 1.88 bits per heavy atom. The predicted molar refractivity (Wildman–Crippen MR) is 98.4 cm³/mol. The largest absolute Gasteiger partial charge is 0.497 e. The maximum absolute atomic E-state index is 12.3. The molecule has 2 aromatic carbocycles. The van der Waals surface area contributed by atoms with Crippen LogP contribution in [0, 0.1) is 0 Å². The van der Waals surface area contributed by atoms with Crippen LogP contribution in [0.1, 0.15) is 5.56 Å². The standard InChI is InChI=1S/C17H16N4O2.ClH/c1-21-16(22)14-5-3-4-6-15(14)19-17(21)20-18-11-12-7-9-13(23-2)10-8-12;/h3-11H,1-2H3,(H,19,20);1H. The fraction of sp³-hybridized carbons (Fsp3) is 0.118. The first-order chi connectivity index (χ1) is 11.2. The summed E-state index contributed by atoms with van der Waals surface area (Å²) < 4.78 is 6.54. The minimum absolute atomic E-state index is 0. The molecule has 7 heteroatoms. The van der Waals surface area contributed by atoms with E-state index < -0.39 is 0 Å². The fourth-order valence-electron chi connectivity index (χ4n) is 2.17. The molecule has 1 aromatic heterocycles. The van der Waals surface area contributed by atoms with Crippen LogP contribution in [0.5, 0.6) is 5.75 Å². The summed E-state index contributed by atoms with van der Waals surface area (Å²) >= 11 is 0. The van der Waals surface area contributed by atoms with Crippen molar-refractivity contribution < 1.29 is 4.74 Å². The molecule has 0 atom stereocenters. The zero-order chi connectivity index (χ0) is 16.2. The number of aromatic nitrogens is 2. The van der Waals surface area contributed by atoms with Gasteiger partial charge in [-0.15, -0.1) is 12.4 Å². The van der Waals surface area contributed by atoms with Gasteiger partial charge in [0.05, 0.1) is 24.2 Å². The molecule has 0 saturated carbocycles. The molecule has 6 nitrogen and oxygen atoms in total. The Balaban J connectivity index is 0.00000208. The number of rotatable bonds is 4. The van der Waals surface area contributed by atoms with E-state index in [1.54, 1.807) is 32.5 Å². The molecular weight excluding hydrogens is 328 g/mol. The van der Waals surface area contributed by atoms with Crippen molar-refractivity contribution in [1.29, 1.82) is 0 Å². The van der Waals surface area contributed by atoms with Crippen molar-refractivity contribution in [3.63, 3.8) is 0 Å². The third-order valence-electron chi connectivity index (χ3n) is 3.48. The number of ether oxygens (including phenoxy) is 1. The van der Waals surface area contributed by atoms with Gasteiger partial charge >= 0.3 is 0 Å². The Labute approximate surface area is 145 Å². The van der Waals surface area contributed by atoms with Gasteiger partial charge in [0.2, 0.25) is 5.95 Å². The van der Waals surface area contributed by atoms with Crippen LogP contribution in [-0.2, 0) is 7.05 Å². The average molecular weight is 345 g/mol. The highest BCUT2D eigenvalue weighted by Crippen LogP contribution is 2.11. The normalized spacial score (nSPS) is 10.6. The molecule has 0 amide bonds. The highest BCUT2D eigenvalue weighted by Gasteiger charge is 2.06. The summed E-state index contributed by atoms with van der Waals surface area (Å²) in [5.74, 6) is 1.17.